The Morgan fingerprint density at radius 2 is 2.10 bits per heavy atom. The molecular weight excluding hydrogens is 382 g/mol. The molecule has 158 valence electrons. The van der Waals surface area contributed by atoms with Gasteiger partial charge in [0.25, 0.3) is 5.56 Å². The quantitative estimate of drug-likeness (QED) is 0.434. The molecule has 11 nitrogen and oxygen atoms in total. The molecule has 1 aliphatic heterocycles. The third kappa shape index (κ3) is 5.00. The number of aryl methyl sites for hydroxylation is 3. The molecular formula is C18H25N5O6. The zero-order chi connectivity index (χ0) is 21.1. The fourth-order valence-corrected chi connectivity index (χ4v) is 3.20. The normalized spacial score (nSPS) is 24.4. The van der Waals surface area contributed by atoms with Gasteiger partial charge in [0.05, 0.1) is 24.9 Å². The van der Waals surface area contributed by atoms with Crippen LogP contribution in [0.2, 0.25) is 0 Å². The molecule has 2 aromatic rings. The van der Waals surface area contributed by atoms with Crippen LogP contribution in [0.25, 0.3) is 0 Å². The van der Waals surface area contributed by atoms with Crippen molar-refractivity contribution >= 4 is 5.91 Å². The third-order valence-corrected chi connectivity index (χ3v) is 4.89. The van der Waals surface area contributed by atoms with Gasteiger partial charge in [0, 0.05) is 30.9 Å². The minimum atomic E-state index is -1.32. The van der Waals surface area contributed by atoms with Crippen LogP contribution in [0.4, 0.5) is 0 Å². The van der Waals surface area contributed by atoms with Gasteiger partial charge in [-0.3, -0.25) is 23.8 Å². The number of aromatic nitrogens is 4. The lowest BCUT2D eigenvalue weighted by molar-refractivity contribution is -0.158. The highest BCUT2D eigenvalue weighted by Gasteiger charge is 2.39. The second-order valence-corrected chi connectivity index (χ2v) is 7.22. The van der Waals surface area contributed by atoms with Crippen LogP contribution < -0.4 is 16.6 Å². The van der Waals surface area contributed by atoms with Gasteiger partial charge in [-0.05, 0) is 19.9 Å². The highest BCUT2D eigenvalue weighted by Crippen LogP contribution is 2.17. The first-order chi connectivity index (χ1) is 13.7. The number of hydrogen-bond donors (Lipinski definition) is 4. The summed E-state index contributed by atoms with van der Waals surface area (Å²) in [5.74, 6) is -0.302. The highest BCUT2D eigenvalue weighted by molar-refractivity contribution is 5.76. The van der Waals surface area contributed by atoms with Gasteiger partial charge in [0.15, 0.2) is 0 Å². The number of carbonyl (C=O) groups excluding carboxylic acids is 1. The van der Waals surface area contributed by atoms with Crippen LogP contribution in [-0.2, 0) is 22.6 Å². The molecule has 29 heavy (non-hydrogen) atoms. The van der Waals surface area contributed by atoms with E-state index in [2.05, 4.69) is 15.4 Å². The molecule has 0 radical (unpaired) electrons. The zero-order valence-electron chi connectivity index (χ0n) is 16.2. The molecule has 0 aromatic carbocycles. The van der Waals surface area contributed by atoms with Crippen LogP contribution in [0, 0.1) is 13.8 Å². The number of rotatable bonds is 6. The van der Waals surface area contributed by atoms with E-state index in [4.69, 9.17) is 4.74 Å². The molecule has 1 amide bonds. The van der Waals surface area contributed by atoms with Gasteiger partial charge in [0.2, 0.25) is 5.91 Å². The van der Waals surface area contributed by atoms with E-state index >= 15 is 0 Å². The summed E-state index contributed by atoms with van der Waals surface area (Å²) in [7, 11) is 0. The van der Waals surface area contributed by atoms with Crippen molar-refractivity contribution in [1.82, 2.24) is 24.6 Å². The number of nitrogens with one attached hydrogen (secondary N) is 2. The van der Waals surface area contributed by atoms with Crippen molar-refractivity contribution in [1.29, 1.82) is 0 Å². The van der Waals surface area contributed by atoms with Gasteiger partial charge in [-0.25, -0.2) is 4.79 Å². The molecule has 4 atom stereocenters. The molecule has 1 fully saturated rings. The van der Waals surface area contributed by atoms with Crippen LogP contribution in [-0.4, -0.2) is 66.4 Å². The number of aliphatic hydroxyl groups excluding tert-OH is 2. The largest absolute Gasteiger partial charge is 0.388 e. The molecule has 0 unspecified atom stereocenters. The van der Waals surface area contributed by atoms with Crippen molar-refractivity contribution < 1.29 is 19.7 Å². The summed E-state index contributed by atoms with van der Waals surface area (Å²) >= 11 is 0. The van der Waals surface area contributed by atoms with Gasteiger partial charge in [0.1, 0.15) is 18.3 Å². The lowest BCUT2D eigenvalue weighted by Crippen LogP contribution is -2.60. The Hall–Kier alpha value is -2.76. The number of aliphatic hydroxyl groups is 2. The van der Waals surface area contributed by atoms with Crippen molar-refractivity contribution in [2.75, 3.05) is 6.61 Å². The Morgan fingerprint density at radius 3 is 2.79 bits per heavy atom. The van der Waals surface area contributed by atoms with Crippen molar-refractivity contribution in [3.05, 3.63) is 50.6 Å². The topological polar surface area (TPSA) is 151 Å². The molecule has 4 N–H and O–H groups in total. The van der Waals surface area contributed by atoms with Crippen LogP contribution in [0.3, 0.4) is 0 Å². The molecule has 3 heterocycles. The molecule has 3 rings (SSSR count). The first kappa shape index (κ1) is 21.0. The van der Waals surface area contributed by atoms with Crippen molar-refractivity contribution in [2.45, 2.75) is 57.7 Å². The second-order valence-electron chi connectivity index (χ2n) is 7.22. The van der Waals surface area contributed by atoms with Crippen LogP contribution in [0.5, 0.6) is 0 Å². The number of carbonyl (C=O) groups is 1. The lowest BCUT2D eigenvalue weighted by Gasteiger charge is -2.38. The molecule has 0 aliphatic carbocycles. The molecule has 11 heteroatoms. The molecule has 0 saturated carbocycles. The minimum absolute atomic E-state index is 0.0212. The Bertz CT molecular complexity index is 980. The Balaban J connectivity index is 1.55. The fraction of sp³-hybridized carbons (Fsp3) is 0.556. The Labute approximate surface area is 165 Å². The maximum atomic E-state index is 12.2. The van der Waals surface area contributed by atoms with E-state index < -0.39 is 35.6 Å². The van der Waals surface area contributed by atoms with Crippen molar-refractivity contribution in [2.24, 2.45) is 0 Å². The van der Waals surface area contributed by atoms with Gasteiger partial charge in [-0.2, -0.15) is 5.10 Å². The molecule has 0 bridgehead atoms. The first-order valence-electron chi connectivity index (χ1n) is 9.32. The predicted octanol–water partition coefficient (Wildman–Crippen LogP) is -1.95. The van der Waals surface area contributed by atoms with Gasteiger partial charge in [-0.1, -0.05) is 0 Å². The standard InChI is InChI=1S/C18H25N5O6/c1-10-7-22(18(28)20-17(10)27)8-13-16(26)15(25)12(9-29-13)19-14(24)4-6-23-5-3-11(2)21-23/h3,5,7,12-13,15-16,25-26H,4,6,8-9H2,1-2H3,(H,19,24)(H,20,27,28)/t12-,13-,15+,16-/m1/s1. The van der Waals surface area contributed by atoms with Gasteiger partial charge < -0.3 is 20.3 Å². The smallest absolute Gasteiger partial charge is 0.328 e. The third-order valence-electron chi connectivity index (χ3n) is 4.89. The van der Waals surface area contributed by atoms with Gasteiger partial charge >= 0.3 is 5.69 Å². The summed E-state index contributed by atoms with van der Waals surface area (Å²) in [5.41, 5.74) is 0.0834. The molecule has 0 spiro atoms. The highest BCUT2D eigenvalue weighted by atomic mass is 16.5. The van der Waals surface area contributed by atoms with E-state index in [1.54, 1.807) is 17.8 Å². The number of amides is 1. The molecule has 2 aromatic heterocycles. The summed E-state index contributed by atoms with van der Waals surface area (Å²) < 4.78 is 8.44. The van der Waals surface area contributed by atoms with Crippen LogP contribution in [0.15, 0.2) is 28.0 Å². The lowest BCUT2D eigenvalue weighted by atomic mass is 9.97. The van der Waals surface area contributed by atoms with E-state index in [9.17, 15) is 24.6 Å². The zero-order valence-corrected chi connectivity index (χ0v) is 16.2. The second kappa shape index (κ2) is 8.72. The summed E-state index contributed by atoms with van der Waals surface area (Å²) in [6.45, 7) is 3.73. The van der Waals surface area contributed by atoms with E-state index in [1.165, 1.54) is 10.8 Å². The summed E-state index contributed by atoms with van der Waals surface area (Å²) in [4.78, 5) is 37.7. The first-order valence-corrected chi connectivity index (χ1v) is 9.32. The van der Waals surface area contributed by atoms with E-state index in [0.29, 0.717) is 12.1 Å². The van der Waals surface area contributed by atoms with Crippen LogP contribution in [0.1, 0.15) is 17.7 Å². The van der Waals surface area contributed by atoms with Crippen molar-refractivity contribution in [3.63, 3.8) is 0 Å². The number of ether oxygens (including phenoxy) is 1. The van der Waals surface area contributed by atoms with Crippen LogP contribution >= 0.6 is 0 Å². The van der Waals surface area contributed by atoms with E-state index in [0.717, 1.165) is 5.69 Å². The van der Waals surface area contributed by atoms with E-state index in [-0.39, 0.29) is 25.5 Å². The SMILES string of the molecule is Cc1ccn(CCC(=O)N[C@@H]2CO[C@H](Cn3cc(C)c(=O)[nH]c3=O)[C@@H](O)[C@H]2O)n1. The monoisotopic (exact) mass is 407 g/mol. The maximum absolute atomic E-state index is 12.2. The number of H-pyrrole nitrogens is 1. The molecule has 1 aliphatic rings. The number of nitrogens with zero attached hydrogens (tertiary/aromatic N) is 3. The average Bonchev–Trinajstić information content (AvgIpc) is 3.09. The number of aromatic amines is 1. The van der Waals surface area contributed by atoms with E-state index in [1.807, 2.05) is 13.0 Å². The maximum Gasteiger partial charge on any atom is 0.328 e. The Morgan fingerprint density at radius 1 is 1.34 bits per heavy atom. The average molecular weight is 407 g/mol. The van der Waals surface area contributed by atoms with Crippen molar-refractivity contribution in [3.8, 4) is 0 Å². The Kier molecular flexibility index (Phi) is 6.30. The minimum Gasteiger partial charge on any atom is -0.388 e. The number of hydrogen-bond acceptors (Lipinski definition) is 7. The predicted molar refractivity (Wildman–Crippen MR) is 101 cm³/mol. The summed E-state index contributed by atoms with van der Waals surface area (Å²) in [6.07, 6.45) is -0.139. The van der Waals surface area contributed by atoms with Gasteiger partial charge in [-0.15, -0.1) is 0 Å². The fourth-order valence-electron chi connectivity index (χ4n) is 3.20. The summed E-state index contributed by atoms with van der Waals surface area (Å²) in [6, 6.07) is 1.06. The molecule has 1 saturated heterocycles. The summed E-state index contributed by atoms with van der Waals surface area (Å²) in [5, 5.41) is 27.6.